The maximum absolute atomic E-state index is 14.9. The largest absolute Gasteiger partial charge is 0.508 e. The lowest BCUT2D eigenvalue weighted by atomic mass is 10.00. The van der Waals surface area contributed by atoms with Crippen LogP contribution in [0.2, 0.25) is 0 Å². The molecule has 0 unspecified atom stereocenters. The van der Waals surface area contributed by atoms with Gasteiger partial charge in [0.2, 0.25) is 76.8 Å². The Bertz CT molecular complexity index is 4300. The summed E-state index contributed by atoms with van der Waals surface area (Å²) in [6.07, 6.45) is -0.904. The number of carbonyl (C=O) groups excluding carboxylic acids is 13. The smallest absolute Gasteiger partial charge is 0.243 e. The first-order chi connectivity index (χ1) is 59.6. The molecule has 126 heavy (non-hydrogen) atoms. The van der Waals surface area contributed by atoms with Crippen LogP contribution in [0.3, 0.4) is 0 Å². The molecule has 0 saturated carbocycles. The highest BCUT2D eigenvalue weighted by atomic mass is 16.3. The molecule has 0 aliphatic carbocycles. The van der Waals surface area contributed by atoms with Crippen LogP contribution in [-0.4, -0.2) is 220 Å². The number of phenolic OH excluding ortho intramolecular Hbond substituents is 4. The van der Waals surface area contributed by atoms with Crippen molar-refractivity contribution in [1.82, 2.24) is 79.8 Å². The summed E-state index contributed by atoms with van der Waals surface area (Å²) < 4.78 is 0. The number of aromatic hydroxyl groups is 4. The fraction of sp³-hybridized carbons (Fsp3) is 0.506. The summed E-state index contributed by atoms with van der Waals surface area (Å²) in [7, 11) is 0. The minimum absolute atomic E-state index is 0.0199. The van der Waals surface area contributed by atoms with Gasteiger partial charge in [0, 0.05) is 58.3 Å². The molecule has 0 fully saturated rings. The van der Waals surface area contributed by atoms with Gasteiger partial charge in [-0.1, -0.05) is 96.0 Å². The van der Waals surface area contributed by atoms with E-state index in [9.17, 15) is 82.8 Å². The van der Waals surface area contributed by atoms with Crippen molar-refractivity contribution < 1.29 is 82.8 Å². The number of amides is 13. The summed E-state index contributed by atoms with van der Waals surface area (Å²) in [5, 5.41) is 111. The van der Waals surface area contributed by atoms with Crippen molar-refractivity contribution in [3.05, 3.63) is 119 Å². The molecule has 43 heteroatoms. The highest BCUT2D eigenvalue weighted by Crippen LogP contribution is 2.20. The number of nitrogens with two attached hydrogens (primary N) is 7. The van der Waals surface area contributed by atoms with Crippen LogP contribution in [0.15, 0.2) is 97.1 Å². The number of benzene rings is 4. The molecule has 0 heterocycles. The number of primary amides is 2. The van der Waals surface area contributed by atoms with Crippen LogP contribution in [0.1, 0.15) is 153 Å². The molecule has 37 N–H and O–H groups in total. The van der Waals surface area contributed by atoms with Crippen LogP contribution in [0.25, 0.3) is 0 Å². The Morgan fingerprint density at radius 3 is 0.746 bits per heavy atom. The molecule has 4 aromatic carbocycles. The fourth-order valence-electron chi connectivity index (χ4n) is 13.1. The van der Waals surface area contributed by atoms with Gasteiger partial charge in [0.1, 0.15) is 89.5 Å². The Kier molecular flexibility index (Phi) is 45.4. The Labute approximate surface area is 731 Å². The Hall–Kier alpha value is -13.8. The molecule has 0 spiro atoms. The Balaban J connectivity index is 1.61. The molecule has 12 atom stereocenters. The molecule has 0 bridgehead atoms. The summed E-state index contributed by atoms with van der Waals surface area (Å²) in [6, 6.07) is 6.08. The quantitative estimate of drug-likeness (QED) is 0.0116. The normalized spacial score (nSPS) is 13.9. The van der Waals surface area contributed by atoms with E-state index in [1.807, 2.05) is 0 Å². The van der Waals surface area contributed by atoms with E-state index in [4.69, 9.17) is 61.8 Å². The monoisotopic (exact) mass is 1760 g/mol. The van der Waals surface area contributed by atoms with Gasteiger partial charge in [-0.2, -0.15) is 0 Å². The van der Waals surface area contributed by atoms with E-state index in [2.05, 4.69) is 79.8 Å². The number of nitrogens with one attached hydrogen (secondary N) is 19. The van der Waals surface area contributed by atoms with E-state index < -0.39 is 161 Å². The van der Waals surface area contributed by atoms with Crippen molar-refractivity contribution in [3.8, 4) is 23.0 Å². The lowest BCUT2D eigenvalue weighted by Crippen LogP contribution is -2.60. The van der Waals surface area contributed by atoms with Crippen molar-refractivity contribution in [2.45, 2.75) is 229 Å². The Morgan fingerprint density at radius 2 is 0.492 bits per heavy atom. The fourth-order valence-corrected chi connectivity index (χ4v) is 13.1. The first-order valence-electron chi connectivity index (χ1n) is 41.7. The molecular formula is C83H128N26O17. The van der Waals surface area contributed by atoms with E-state index in [0.29, 0.717) is 22.3 Å². The van der Waals surface area contributed by atoms with Gasteiger partial charge in [0.25, 0.3) is 0 Å². The van der Waals surface area contributed by atoms with Crippen molar-refractivity contribution in [1.29, 1.82) is 21.6 Å². The SMILES string of the molecule is CCC(=O)N[C@H](CCCC[C@@H](N)C(=O)N[C@@H](Cc1ccc(O)cc1)C(=O)N[C@@H](CCCNC(=N)N)C(=O)N[C@@H](CC(C)C)C(=O)N[C@@H](CCCNC(=N)N)C(=O)N[C@@H](Cc1ccc(O)cc1)C(N)=O)C(=O)N[C@@H](Cc1ccc(O)cc1)C(=O)N[C@@H](CCCNC(=N)N)C(=O)N[C@@H](CC(C)C)C(=O)N[C@@H](CCCNC(=N)N)C(=O)N[C@@H](Cc1ccc(O)cc1)C(N)=O. The lowest BCUT2D eigenvalue weighted by Gasteiger charge is -2.28. The van der Waals surface area contributed by atoms with Crippen molar-refractivity contribution >= 4 is 101 Å². The van der Waals surface area contributed by atoms with Gasteiger partial charge >= 0.3 is 0 Å². The van der Waals surface area contributed by atoms with Gasteiger partial charge in [0.15, 0.2) is 23.8 Å². The second-order valence-corrected chi connectivity index (χ2v) is 31.5. The van der Waals surface area contributed by atoms with Crippen LogP contribution in [0.4, 0.5) is 0 Å². The van der Waals surface area contributed by atoms with E-state index >= 15 is 0 Å². The number of hydrogen-bond acceptors (Lipinski definition) is 22. The summed E-state index contributed by atoms with van der Waals surface area (Å²) in [4.78, 5) is 184. The maximum Gasteiger partial charge on any atom is 0.243 e. The minimum atomic E-state index is -1.54. The molecule has 0 saturated heterocycles. The van der Waals surface area contributed by atoms with Crippen LogP contribution in [0, 0.1) is 33.5 Å². The summed E-state index contributed by atoms with van der Waals surface area (Å²) in [5.74, 6) is -13.6. The topological polar surface area (TPSA) is 761 Å². The number of hydrogen-bond donors (Lipinski definition) is 30. The molecule has 0 aliphatic heterocycles. The zero-order valence-electron chi connectivity index (χ0n) is 71.7. The highest BCUT2D eigenvalue weighted by molar-refractivity contribution is 5.99. The van der Waals surface area contributed by atoms with Gasteiger partial charge in [-0.25, -0.2) is 0 Å². The predicted octanol–water partition coefficient (Wildman–Crippen LogP) is -3.47. The number of rotatable bonds is 57. The first kappa shape index (κ1) is 105. The summed E-state index contributed by atoms with van der Waals surface area (Å²) >= 11 is 0. The van der Waals surface area contributed by atoms with E-state index in [1.54, 1.807) is 27.7 Å². The molecule has 4 aromatic rings. The van der Waals surface area contributed by atoms with Crippen molar-refractivity contribution in [3.63, 3.8) is 0 Å². The molecular weight excluding hydrogens is 1630 g/mol. The molecule has 0 aliphatic rings. The minimum Gasteiger partial charge on any atom is -0.508 e. The van der Waals surface area contributed by atoms with Crippen LogP contribution in [0.5, 0.6) is 23.0 Å². The van der Waals surface area contributed by atoms with Gasteiger partial charge in [0.05, 0.1) is 6.04 Å². The van der Waals surface area contributed by atoms with Crippen LogP contribution in [-0.2, 0) is 88.0 Å². The molecule has 13 amide bonds. The van der Waals surface area contributed by atoms with Gasteiger partial charge in [-0.15, -0.1) is 0 Å². The molecule has 4 rings (SSSR count). The summed E-state index contributed by atoms with van der Waals surface area (Å²) in [5.41, 5.74) is 42.0. The summed E-state index contributed by atoms with van der Waals surface area (Å²) in [6.45, 7) is 8.80. The van der Waals surface area contributed by atoms with Crippen molar-refractivity contribution in [2.75, 3.05) is 26.2 Å². The third kappa shape index (κ3) is 40.9. The maximum atomic E-state index is 14.9. The zero-order chi connectivity index (χ0) is 93.7. The average molecular weight is 1760 g/mol. The second-order valence-electron chi connectivity index (χ2n) is 31.5. The zero-order valence-corrected chi connectivity index (χ0v) is 71.7. The third-order valence-electron chi connectivity index (χ3n) is 19.8. The molecule has 692 valence electrons. The lowest BCUT2D eigenvalue weighted by molar-refractivity contribution is -0.135. The van der Waals surface area contributed by atoms with E-state index in [-0.39, 0.29) is 195 Å². The van der Waals surface area contributed by atoms with Crippen LogP contribution >= 0.6 is 0 Å². The van der Waals surface area contributed by atoms with Gasteiger partial charge in [-0.3, -0.25) is 84.0 Å². The third-order valence-corrected chi connectivity index (χ3v) is 19.8. The standard InChI is InChI=1S/C83H128N26O17/c1-6-67(114)99-56(71(118)109-66(44-50-25-33-54(113)34-26-50)79(126)103-60(18-12-38-98-83(93)94)75(122)108-64(40-46(4)5)77(124)101-58(16-10-36-96-81(89)90)73(120)105-62(69(86)116)42-48-21-29-52(111)30-22-48)14-8-7-13-55(84)70(117)106-65(43-49-23-31-53(112)32-24-49)78(125)102-59(17-11-37-97-82(91)92)74(121)107-63(39-45(2)3)76(123)100-57(15-9-35-95-80(87)88)72(119)104-61(68(85)115)41-47-19-27-51(110)28-20-47/h19-34,45-46,55-66,110-113H,6-18,35-44,84H2,1-5H3,(H2,85,115)(H2,86,116)(H,99,114)(H,100,123)(H,101,124)(H,102,125)(H,103,126)(H,104,119)(H,105,120)(H,106,117)(H,107,121)(H,108,122)(H,109,118)(H4,87,88,95)(H4,89,90,96)(H4,91,92,97)(H4,93,94,98)/t55-,56-,57+,58+,59+,60+,61+,62+,63+,64+,65+,66+/m1/s1. The van der Waals surface area contributed by atoms with Gasteiger partial charge < -0.3 is 140 Å². The number of phenols is 4. The highest BCUT2D eigenvalue weighted by Gasteiger charge is 2.37. The molecule has 0 radical (unpaired) electrons. The van der Waals surface area contributed by atoms with Crippen LogP contribution < -0.4 is 120 Å². The number of unbranched alkanes of at least 4 members (excludes halogenated alkanes) is 1. The average Bonchev–Trinajstić information content (AvgIpc) is 0.854. The van der Waals surface area contributed by atoms with E-state index in [1.165, 1.54) is 104 Å². The number of guanidine groups is 4. The van der Waals surface area contributed by atoms with Gasteiger partial charge in [-0.05, 0) is 160 Å². The Morgan fingerprint density at radius 1 is 0.286 bits per heavy atom. The van der Waals surface area contributed by atoms with E-state index in [0.717, 1.165) is 0 Å². The first-order valence-corrected chi connectivity index (χ1v) is 41.7. The molecule has 0 aromatic heterocycles. The predicted molar refractivity (Wildman–Crippen MR) is 469 cm³/mol. The number of carbonyl (C=O) groups is 13. The second kappa shape index (κ2) is 54.7. The molecule has 43 nitrogen and oxygen atoms in total. The van der Waals surface area contributed by atoms with Crippen molar-refractivity contribution in [2.24, 2.45) is 52.0 Å².